The molecule has 0 radical (unpaired) electrons. The van der Waals surface area contributed by atoms with Crippen LogP contribution >= 0.6 is 0 Å². The van der Waals surface area contributed by atoms with E-state index in [2.05, 4.69) is 16.0 Å². The molecule has 0 aliphatic carbocycles. The molecule has 7 N–H and O–H groups in total. The second kappa shape index (κ2) is 40.1. The molecule has 2 aromatic carbocycles. The standard InChI is InChI=1S/C73H114N8O15/c1-15-47(8)67(63(95-14)40-65(88)80-35-23-28-60(80)58(42-82)49(10)69(90)76-50(11)68(89)52-24-18-16-19-25-52)79(13)72(93)57(45(4)5)39-62(86)66(46(6)7)78(12)41-54(84)43-96-55-31-29-51(30-32-55)37-61(85)59(27-22-33-75-73(74)94)77-70(91)56(44(2)3)38-53(83)26-20-17-21-34-81-64(87)36-48(9)71(81)92/h16,18-19,24-25,29-32,44-50,56-60,63,66-68,82,89H,15,17,20-23,26-28,33-43H2,1-14H3,(H,76,90)(H,77,91)(H3,74,75,94)/t47-,48?,49+,50+,56-,57-,58+,59-,60-,63+,66?,67-,68+/m0/s1. The number of carbonyl (C=O) groups is 11. The summed E-state index contributed by atoms with van der Waals surface area (Å²) >= 11 is 0. The summed E-state index contributed by atoms with van der Waals surface area (Å²) in [6.07, 6.45) is 2.60. The van der Waals surface area contributed by atoms with Crippen LogP contribution in [0.25, 0.3) is 0 Å². The summed E-state index contributed by atoms with van der Waals surface area (Å²) in [4.78, 5) is 154. The molecule has 2 aliphatic rings. The summed E-state index contributed by atoms with van der Waals surface area (Å²) in [5.41, 5.74) is 6.53. The van der Waals surface area contributed by atoms with E-state index in [9.17, 15) is 63.0 Å². The summed E-state index contributed by atoms with van der Waals surface area (Å²) < 4.78 is 12.0. The summed E-state index contributed by atoms with van der Waals surface area (Å²) in [6, 6.07) is 11.6. The maximum atomic E-state index is 14.9. The van der Waals surface area contributed by atoms with Crippen molar-refractivity contribution in [1.29, 1.82) is 0 Å². The average molecular weight is 1340 g/mol. The molecule has 536 valence electrons. The van der Waals surface area contributed by atoms with Crippen LogP contribution in [0.1, 0.15) is 177 Å². The molecule has 13 atom stereocenters. The van der Waals surface area contributed by atoms with E-state index in [1.54, 1.807) is 86.0 Å². The van der Waals surface area contributed by atoms with E-state index in [-0.39, 0.29) is 154 Å². The second-order valence-corrected chi connectivity index (χ2v) is 28.0. The number of unbranched alkanes of at least 4 members (excludes halogenated alkanes) is 2. The third-order valence-corrected chi connectivity index (χ3v) is 19.6. The van der Waals surface area contributed by atoms with Gasteiger partial charge in [-0.05, 0) is 99.4 Å². The molecule has 0 aromatic heterocycles. The first kappa shape index (κ1) is 81.5. The van der Waals surface area contributed by atoms with Crippen molar-refractivity contribution < 1.29 is 72.4 Å². The van der Waals surface area contributed by atoms with Crippen molar-refractivity contribution in [1.82, 2.24) is 35.6 Å². The Bertz CT molecular complexity index is 2890. The highest BCUT2D eigenvalue weighted by Gasteiger charge is 2.44. The van der Waals surface area contributed by atoms with Crippen molar-refractivity contribution in [3.05, 3.63) is 65.7 Å². The van der Waals surface area contributed by atoms with Crippen LogP contribution < -0.4 is 26.4 Å². The number of urea groups is 1. The van der Waals surface area contributed by atoms with Crippen LogP contribution in [0, 0.1) is 53.3 Å². The van der Waals surface area contributed by atoms with E-state index in [1.165, 1.54) is 12.0 Å². The van der Waals surface area contributed by atoms with Gasteiger partial charge in [-0.1, -0.05) is 125 Å². The third-order valence-electron chi connectivity index (χ3n) is 19.6. The Balaban J connectivity index is 1.35. The molecular weight excluding hydrogens is 1230 g/mol. The first-order valence-electron chi connectivity index (χ1n) is 34.8. The number of ether oxygens (including phenoxy) is 2. The number of nitrogens with one attached hydrogen (secondary N) is 3. The van der Waals surface area contributed by atoms with Crippen LogP contribution in [-0.2, 0) is 59.1 Å². The molecule has 96 heavy (non-hydrogen) atoms. The number of carbonyl (C=O) groups excluding carboxylic acids is 11. The van der Waals surface area contributed by atoms with Crippen molar-refractivity contribution in [3.8, 4) is 5.75 Å². The van der Waals surface area contributed by atoms with Gasteiger partial charge in [-0.25, -0.2) is 4.79 Å². The molecule has 4 rings (SSSR count). The van der Waals surface area contributed by atoms with Crippen LogP contribution in [0.4, 0.5) is 4.79 Å². The number of amides is 8. The number of nitrogens with two attached hydrogens (primary N) is 1. The molecule has 0 spiro atoms. The van der Waals surface area contributed by atoms with Crippen LogP contribution in [0.3, 0.4) is 0 Å². The molecule has 0 saturated carbocycles. The minimum absolute atomic E-state index is 0.0262. The summed E-state index contributed by atoms with van der Waals surface area (Å²) in [6.45, 7) is 20.5. The van der Waals surface area contributed by atoms with Crippen LogP contribution in [0.15, 0.2) is 54.6 Å². The fourth-order valence-corrected chi connectivity index (χ4v) is 13.6. The highest BCUT2D eigenvalue weighted by atomic mass is 16.5. The zero-order valence-electron chi connectivity index (χ0n) is 59.6. The summed E-state index contributed by atoms with van der Waals surface area (Å²) in [5.74, 6) is -6.19. The van der Waals surface area contributed by atoms with E-state index in [0.29, 0.717) is 74.9 Å². The van der Waals surface area contributed by atoms with E-state index in [1.807, 2.05) is 73.6 Å². The number of likely N-dealkylation sites (tertiary alicyclic amines) is 2. The van der Waals surface area contributed by atoms with Crippen molar-refractivity contribution in [3.63, 3.8) is 0 Å². The Kier molecular flexibility index (Phi) is 34.0. The Morgan fingerprint density at radius 2 is 1.43 bits per heavy atom. The second-order valence-electron chi connectivity index (χ2n) is 28.0. The van der Waals surface area contributed by atoms with E-state index in [4.69, 9.17) is 15.2 Å². The van der Waals surface area contributed by atoms with Gasteiger partial charge in [0.25, 0.3) is 0 Å². The summed E-state index contributed by atoms with van der Waals surface area (Å²) in [7, 11) is 4.89. The molecule has 23 nitrogen and oxygen atoms in total. The topological polar surface area (TPSA) is 322 Å². The van der Waals surface area contributed by atoms with Gasteiger partial charge < -0.3 is 51.2 Å². The van der Waals surface area contributed by atoms with E-state index in [0.717, 1.165) is 0 Å². The quantitative estimate of drug-likeness (QED) is 0.0293. The molecule has 2 saturated heterocycles. The molecule has 0 bridgehead atoms. The molecular formula is C73H114N8O15. The molecule has 2 aromatic rings. The SMILES string of the molecule is CC[C@H](C)[C@@H]([C@@H](CC(=O)N1CCC[C@H]1[C@H](CO)[C@@H](C)C(=O)N[C@H](C)[C@@H](O)c1ccccc1)OC)N(C)C(=O)[C@@H](CC(=O)C(C(C)C)N(C)CC(=O)COc1ccc(CC(=O)[C@H](CCCNC(N)=O)NC(=O)[C@@H](CC(=O)CCCCCN2C(=O)CC(C)C2=O)C(C)C)cc1)C(C)C. The maximum Gasteiger partial charge on any atom is 0.312 e. The number of methoxy groups -OCH3 is 1. The fourth-order valence-electron chi connectivity index (χ4n) is 13.6. The Morgan fingerprint density at radius 3 is 2.00 bits per heavy atom. The zero-order valence-corrected chi connectivity index (χ0v) is 59.6. The number of aliphatic hydroxyl groups excluding tert-OH is 2. The molecule has 2 unspecified atom stereocenters. The number of benzene rings is 2. The molecule has 2 fully saturated rings. The number of Topliss-reactive ketones (excluding diaryl/α,β-unsaturated/α-hetero) is 4. The van der Waals surface area contributed by atoms with Crippen molar-refractivity contribution in [2.24, 2.45) is 59.0 Å². The van der Waals surface area contributed by atoms with Gasteiger partial charge >= 0.3 is 6.03 Å². The lowest BCUT2D eigenvalue weighted by molar-refractivity contribution is -0.148. The van der Waals surface area contributed by atoms with Crippen molar-refractivity contribution in [2.75, 3.05) is 60.6 Å². The molecule has 2 aliphatic heterocycles. The minimum Gasteiger partial charge on any atom is -0.486 e. The van der Waals surface area contributed by atoms with E-state index < -0.39 is 78.0 Å². The highest BCUT2D eigenvalue weighted by Crippen LogP contribution is 2.33. The van der Waals surface area contributed by atoms with Crippen molar-refractivity contribution in [2.45, 2.75) is 208 Å². The number of imide groups is 1. The molecule has 23 heteroatoms. The number of aliphatic hydroxyl groups is 2. The number of nitrogens with zero attached hydrogens (tertiary/aromatic N) is 4. The number of hydrogen-bond donors (Lipinski definition) is 6. The minimum atomic E-state index is -0.951. The molecule has 2 heterocycles. The monoisotopic (exact) mass is 1340 g/mol. The fraction of sp³-hybridized carbons (Fsp3) is 0.685. The van der Waals surface area contributed by atoms with Gasteiger partial charge in [0.05, 0.1) is 49.3 Å². The maximum absolute atomic E-state index is 14.9. The smallest absolute Gasteiger partial charge is 0.312 e. The van der Waals surface area contributed by atoms with Crippen LogP contribution in [0.2, 0.25) is 0 Å². The van der Waals surface area contributed by atoms with Crippen molar-refractivity contribution >= 4 is 64.6 Å². The Hall–Kier alpha value is -6.95. The Morgan fingerprint density at radius 1 is 0.771 bits per heavy atom. The largest absolute Gasteiger partial charge is 0.486 e. The first-order valence-corrected chi connectivity index (χ1v) is 34.8. The van der Waals surface area contributed by atoms with Gasteiger partial charge in [-0.2, -0.15) is 0 Å². The Labute approximate surface area is 569 Å². The summed E-state index contributed by atoms with van der Waals surface area (Å²) in [5, 5.41) is 30.0. The van der Waals surface area contributed by atoms with Crippen LogP contribution in [-0.4, -0.2) is 191 Å². The number of primary amides is 1. The van der Waals surface area contributed by atoms with Gasteiger partial charge in [0.2, 0.25) is 35.4 Å². The lowest BCUT2D eigenvalue weighted by Crippen LogP contribution is -2.54. The lowest BCUT2D eigenvalue weighted by atomic mass is 9.83. The average Bonchev–Trinajstić information content (AvgIpc) is 1.31. The number of likely N-dealkylation sites (N-methyl/N-ethyl adjacent to an activating group) is 2. The van der Waals surface area contributed by atoms with Crippen LogP contribution in [0.5, 0.6) is 5.75 Å². The van der Waals surface area contributed by atoms with Gasteiger partial charge in [0, 0.05) is 108 Å². The number of hydrogen-bond acceptors (Lipinski definition) is 16. The highest BCUT2D eigenvalue weighted by molar-refractivity contribution is 6.03. The number of rotatable bonds is 44. The van der Waals surface area contributed by atoms with Gasteiger partial charge in [-0.15, -0.1) is 0 Å². The van der Waals surface area contributed by atoms with Gasteiger partial charge in [0.1, 0.15) is 18.1 Å². The predicted molar refractivity (Wildman–Crippen MR) is 365 cm³/mol. The predicted octanol–water partition coefficient (Wildman–Crippen LogP) is 6.81. The third kappa shape index (κ3) is 24.2. The van der Waals surface area contributed by atoms with E-state index >= 15 is 0 Å². The first-order chi connectivity index (χ1) is 45.4. The number of ketones is 4. The lowest BCUT2D eigenvalue weighted by Gasteiger charge is -2.41. The van der Waals surface area contributed by atoms with Gasteiger partial charge in [0.15, 0.2) is 17.3 Å². The molecule has 8 amide bonds. The zero-order chi connectivity index (χ0) is 71.7. The normalized spacial score (nSPS) is 18.5. The van der Waals surface area contributed by atoms with Gasteiger partial charge in [-0.3, -0.25) is 57.7 Å².